The average molecular weight is 355 g/mol. The lowest BCUT2D eigenvalue weighted by atomic mass is 10.1. The van der Waals surface area contributed by atoms with Crippen LogP contribution in [0, 0.1) is 5.92 Å². The molecule has 0 spiro atoms. The standard InChI is InChI=1S/C16H25N3O4S/c1-11(2)10-14(20)17-18-15(21)12-6-8-13(9-7-12)24(22,23)19-16(3,4)5/h6-9,11,19H,10H2,1-5H3,(H,17,20)(H,18,21). The van der Waals surface area contributed by atoms with Crippen molar-refractivity contribution < 1.29 is 18.0 Å². The number of amides is 2. The Hall–Kier alpha value is -1.93. The summed E-state index contributed by atoms with van der Waals surface area (Å²) >= 11 is 0. The van der Waals surface area contributed by atoms with Gasteiger partial charge < -0.3 is 0 Å². The van der Waals surface area contributed by atoms with Crippen LogP contribution in [0.15, 0.2) is 29.2 Å². The molecule has 0 unspecified atom stereocenters. The minimum atomic E-state index is -3.65. The number of hydrazine groups is 1. The zero-order valence-corrected chi connectivity index (χ0v) is 15.5. The smallest absolute Gasteiger partial charge is 0.269 e. The van der Waals surface area contributed by atoms with E-state index in [0.29, 0.717) is 6.42 Å². The third-order valence-corrected chi connectivity index (χ3v) is 4.55. The van der Waals surface area contributed by atoms with Crippen LogP contribution in [0.3, 0.4) is 0 Å². The normalized spacial score (nSPS) is 12.1. The molecule has 0 aliphatic heterocycles. The summed E-state index contributed by atoms with van der Waals surface area (Å²) in [6.07, 6.45) is 0.302. The van der Waals surface area contributed by atoms with Crippen molar-refractivity contribution in [2.24, 2.45) is 5.92 Å². The second-order valence-electron chi connectivity index (χ2n) is 6.98. The van der Waals surface area contributed by atoms with E-state index in [0.717, 1.165) is 0 Å². The van der Waals surface area contributed by atoms with Crippen molar-refractivity contribution >= 4 is 21.8 Å². The second-order valence-corrected chi connectivity index (χ2v) is 8.66. The molecule has 0 aromatic heterocycles. The quantitative estimate of drug-likeness (QED) is 0.697. The van der Waals surface area contributed by atoms with Crippen molar-refractivity contribution in [3.8, 4) is 0 Å². The van der Waals surface area contributed by atoms with E-state index in [1.165, 1.54) is 24.3 Å². The number of hydrogen-bond acceptors (Lipinski definition) is 4. The van der Waals surface area contributed by atoms with E-state index in [1.807, 2.05) is 13.8 Å². The molecule has 0 atom stereocenters. The van der Waals surface area contributed by atoms with Crippen LogP contribution in [0.4, 0.5) is 0 Å². The Kier molecular flexibility index (Phi) is 6.50. The maximum atomic E-state index is 12.2. The van der Waals surface area contributed by atoms with Crippen molar-refractivity contribution in [2.45, 2.75) is 51.5 Å². The van der Waals surface area contributed by atoms with E-state index < -0.39 is 21.5 Å². The number of sulfonamides is 1. The van der Waals surface area contributed by atoms with Gasteiger partial charge in [-0.05, 0) is 51.0 Å². The highest BCUT2D eigenvalue weighted by atomic mass is 32.2. The topological polar surface area (TPSA) is 104 Å². The molecule has 3 N–H and O–H groups in total. The predicted octanol–water partition coefficient (Wildman–Crippen LogP) is 1.57. The maximum Gasteiger partial charge on any atom is 0.269 e. The van der Waals surface area contributed by atoms with E-state index in [4.69, 9.17) is 0 Å². The van der Waals surface area contributed by atoms with Crippen LogP contribution >= 0.6 is 0 Å². The molecular formula is C16H25N3O4S. The highest BCUT2D eigenvalue weighted by Crippen LogP contribution is 2.13. The zero-order chi connectivity index (χ0) is 18.5. The molecule has 0 aliphatic carbocycles. The van der Waals surface area contributed by atoms with Crippen molar-refractivity contribution in [1.82, 2.24) is 15.6 Å². The summed E-state index contributed by atoms with van der Waals surface area (Å²) in [5.41, 5.74) is 4.26. The predicted molar refractivity (Wildman–Crippen MR) is 91.6 cm³/mol. The van der Waals surface area contributed by atoms with Crippen LogP contribution in [0.2, 0.25) is 0 Å². The summed E-state index contributed by atoms with van der Waals surface area (Å²) in [4.78, 5) is 23.5. The minimum absolute atomic E-state index is 0.0674. The number of hydrogen-bond donors (Lipinski definition) is 3. The molecule has 134 valence electrons. The van der Waals surface area contributed by atoms with Crippen LogP contribution in [-0.4, -0.2) is 25.8 Å². The van der Waals surface area contributed by atoms with E-state index >= 15 is 0 Å². The molecular weight excluding hydrogens is 330 g/mol. The SMILES string of the molecule is CC(C)CC(=O)NNC(=O)c1ccc(S(=O)(=O)NC(C)(C)C)cc1. The van der Waals surface area contributed by atoms with Gasteiger partial charge in [-0.2, -0.15) is 0 Å². The van der Waals surface area contributed by atoms with Crippen molar-refractivity contribution in [1.29, 1.82) is 0 Å². The number of nitrogens with one attached hydrogen (secondary N) is 3. The number of carbonyl (C=O) groups is 2. The Balaban J connectivity index is 2.74. The van der Waals surface area contributed by atoms with Gasteiger partial charge in [0.2, 0.25) is 15.9 Å². The summed E-state index contributed by atoms with van der Waals surface area (Å²) in [7, 11) is -3.65. The molecule has 0 aliphatic rings. The van der Waals surface area contributed by atoms with Crippen molar-refractivity contribution in [3.63, 3.8) is 0 Å². The molecule has 0 radical (unpaired) electrons. The molecule has 1 aromatic carbocycles. The first kappa shape index (κ1) is 20.1. The van der Waals surface area contributed by atoms with Crippen LogP contribution in [0.1, 0.15) is 51.4 Å². The Labute approximate surface area is 143 Å². The summed E-state index contributed by atoms with van der Waals surface area (Å²) in [6, 6.07) is 5.47. The lowest BCUT2D eigenvalue weighted by Gasteiger charge is -2.20. The first-order chi connectivity index (χ1) is 10.9. The number of carbonyl (C=O) groups excluding carboxylic acids is 2. The van der Waals surface area contributed by atoms with E-state index in [2.05, 4.69) is 15.6 Å². The first-order valence-corrected chi connectivity index (χ1v) is 9.12. The molecule has 0 bridgehead atoms. The highest BCUT2D eigenvalue weighted by Gasteiger charge is 2.22. The third-order valence-electron chi connectivity index (χ3n) is 2.78. The van der Waals surface area contributed by atoms with Gasteiger partial charge in [0, 0.05) is 17.5 Å². The summed E-state index contributed by atoms with van der Waals surface area (Å²) in [6.45, 7) is 9.02. The fraction of sp³-hybridized carbons (Fsp3) is 0.500. The Bertz CT molecular complexity index is 689. The number of benzene rings is 1. The van der Waals surface area contributed by atoms with Gasteiger partial charge in [0.15, 0.2) is 0 Å². The van der Waals surface area contributed by atoms with Crippen LogP contribution in [-0.2, 0) is 14.8 Å². The van der Waals surface area contributed by atoms with Crippen LogP contribution in [0.25, 0.3) is 0 Å². The first-order valence-electron chi connectivity index (χ1n) is 7.64. The molecule has 2 amide bonds. The van der Waals surface area contributed by atoms with Gasteiger partial charge in [-0.3, -0.25) is 20.4 Å². The summed E-state index contributed by atoms with van der Waals surface area (Å²) in [5.74, 6) is -0.617. The third kappa shape index (κ3) is 6.67. The van der Waals surface area contributed by atoms with Gasteiger partial charge in [0.1, 0.15) is 0 Å². The van der Waals surface area contributed by atoms with Gasteiger partial charge in [-0.15, -0.1) is 0 Å². The lowest BCUT2D eigenvalue weighted by molar-refractivity contribution is -0.122. The fourth-order valence-electron chi connectivity index (χ4n) is 1.87. The van der Waals surface area contributed by atoms with Gasteiger partial charge in [0.05, 0.1) is 4.90 Å². The molecule has 1 aromatic rings. The molecule has 0 heterocycles. The van der Waals surface area contributed by atoms with Crippen LogP contribution in [0.5, 0.6) is 0 Å². The summed E-state index contributed by atoms with van der Waals surface area (Å²) in [5, 5.41) is 0. The highest BCUT2D eigenvalue weighted by molar-refractivity contribution is 7.89. The zero-order valence-electron chi connectivity index (χ0n) is 14.6. The maximum absolute atomic E-state index is 12.2. The Morgan fingerprint density at radius 3 is 2.04 bits per heavy atom. The summed E-state index contributed by atoms with van der Waals surface area (Å²) < 4.78 is 26.9. The monoisotopic (exact) mass is 355 g/mol. The number of rotatable bonds is 5. The molecule has 0 saturated heterocycles. The average Bonchev–Trinajstić information content (AvgIpc) is 2.41. The van der Waals surface area contributed by atoms with E-state index in [9.17, 15) is 18.0 Å². The molecule has 0 saturated carbocycles. The van der Waals surface area contributed by atoms with Crippen molar-refractivity contribution in [3.05, 3.63) is 29.8 Å². The molecule has 24 heavy (non-hydrogen) atoms. The van der Waals surface area contributed by atoms with Gasteiger partial charge in [-0.25, -0.2) is 13.1 Å². The van der Waals surface area contributed by atoms with E-state index in [-0.39, 0.29) is 22.3 Å². The largest absolute Gasteiger partial charge is 0.273 e. The van der Waals surface area contributed by atoms with Gasteiger partial charge in [0.25, 0.3) is 5.91 Å². The Morgan fingerprint density at radius 1 is 1.04 bits per heavy atom. The fourth-order valence-corrected chi connectivity index (χ4v) is 3.29. The molecule has 7 nitrogen and oxygen atoms in total. The van der Waals surface area contributed by atoms with Gasteiger partial charge in [-0.1, -0.05) is 13.8 Å². The van der Waals surface area contributed by atoms with Crippen LogP contribution < -0.4 is 15.6 Å². The second kappa shape index (κ2) is 7.76. The van der Waals surface area contributed by atoms with Gasteiger partial charge >= 0.3 is 0 Å². The molecule has 0 fully saturated rings. The van der Waals surface area contributed by atoms with E-state index in [1.54, 1.807) is 20.8 Å². The molecule has 8 heteroatoms. The minimum Gasteiger partial charge on any atom is -0.273 e. The Morgan fingerprint density at radius 2 is 1.58 bits per heavy atom. The van der Waals surface area contributed by atoms with Crippen molar-refractivity contribution in [2.75, 3.05) is 0 Å². The lowest BCUT2D eigenvalue weighted by Crippen LogP contribution is -2.42. The molecule has 1 rings (SSSR count).